The molecule has 5 aliphatic rings. The Morgan fingerprint density at radius 3 is 2.62 bits per heavy atom. The number of allylic oxidation sites excluding steroid dienone is 3. The largest absolute Gasteiger partial charge is 0.393 e. The monoisotopic (exact) mass is 370 g/mol. The molecule has 3 heteroatoms. The van der Waals surface area contributed by atoms with Crippen molar-refractivity contribution < 1.29 is 9.90 Å². The van der Waals surface area contributed by atoms with Crippen LogP contribution in [0.3, 0.4) is 0 Å². The molecule has 6 atom stereocenters. The van der Waals surface area contributed by atoms with Gasteiger partial charge in [-0.1, -0.05) is 25.5 Å². The molecule has 0 aromatic carbocycles. The maximum Gasteiger partial charge on any atom is 0.216 e. The molecule has 0 amide bonds. The maximum atomic E-state index is 11.7. The van der Waals surface area contributed by atoms with Crippen LogP contribution in [0.15, 0.2) is 34.3 Å². The van der Waals surface area contributed by atoms with Crippen LogP contribution in [-0.2, 0) is 4.79 Å². The molecule has 0 spiro atoms. The van der Waals surface area contributed by atoms with Gasteiger partial charge in [0.05, 0.1) is 6.10 Å². The molecule has 5 rings (SSSR count). The zero-order chi connectivity index (χ0) is 18.1. The van der Waals surface area contributed by atoms with E-state index in [4.69, 9.17) is 0 Å². The first-order chi connectivity index (χ1) is 12.4. The predicted molar refractivity (Wildman–Crippen MR) is 106 cm³/mol. The number of hydrogen-bond donors (Lipinski definition) is 1. The van der Waals surface area contributed by atoms with Gasteiger partial charge in [-0.2, -0.15) is 0 Å². The summed E-state index contributed by atoms with van der Waals surface area (Å²) in [7, 11) is 0. The summed E-state index contributed by atoms with van der Waals surface area (Å²) in [5.41, 5.74) is 3.73. The Hall–Kier alpha value is -0.800. The second-order valence-corrected chi connectivity index (χ2v) is 10.8. The summed E-state index contributed by atoms with van der Waals surface area (Å²) in [4.78, 5) is 13.0. The summed E-state index contributed by atoms with van der Waals surface area (Å²) in [5.74, 6) is 2.32. The Morgan fingerprint density at radius 2 is 1.85 bits per heavy atom. The number of fused-ring (bicyclic) bond motifs is 5. The van der Waals surface area contributed by atoms with Crippen molar-refractivity contribution in [3.63, 3.8) is 0 Å². The zero-order valence-electron chi connectivity index (χ0n) is 16.0. The van der Waals surface area contributed by atoms with Gasteiger partial charge in [-0.05, 0) is 109 Å². The molecule has 1 heterocycles. The quantitative estimate of drug-likeness (QED) is 0.581. The van der Waals surface area contributed by atoms with Crippen LogP contribution in [0.5, 0.6) is 0 Å². The van der Waals surface area contributed by atoms with Crippen LogP contribution in [0.4, 0.5) is 0 Å². The van der Waals surface area contributed by atoms with Crippen LogP contribution in [0.2, 0.25) is 0 Å². The van der Waals surface area contributed by atoms with E-state index >= 15 is 0 Å². The van der Waals surface area contributed by atoms with Crippen molar-refractivity contribution in [3.05, 3.63) is 34.3 Å². The van der Waals surface area contributed by atoms with Crippen LogP contribution in [0, 0.1) is 28.6 Å². The third-order valence-corrected chi connectivity index (χ3v) is 9.68. The van der Waals surface area contributed by atoms with E-state index < -0.39 is 0 Å². The summed E-state index contributed by atoms with van der Waals surface area (Å²) >= 11 is 1.45. The lowest BCUT2D eigenvalue weighted by atomic mass is 9.48. The highest BCUT2D eigenvalue weighted by Gasteiger charge is 2.57. The van der Waals surface area contributed by atoms with Crippen molar-refractivity contribution in [2.24, 2.45) is 28.6 Å². The van der Waals surface area contributed by atoms with Crippen molar-refractivity contribution in [3.8, 4) is 0 Å². The number of aliphatic hydroxyl groups excluding tert-OH is 1. The van der Waals surface area contributed by atoms with Crippen LogP contribution in [-0.4, -0.2) is 16.3 Å². The van der Waals surface area contributed by atoms with Gasteiger partial charge in [0.2, 0.25) is 5.12 Å². The Labute approximate surface area is 161 Å². The number of aliphatic hydroxyl groups is 1. The zero-order valence-corrected chi connectivity index (χ0v) is 16.8. The number of carbonyl (C=O) groups is 1. The van der Waals surface area contributed by atoms with Crippen LogP contribution >= 0.6 is 11.8 Å². The van der Waals surface area contributed by atoms with E-state index in [0.29, 0.717) is 5.41 Å². The fourth-order valence-corrected chi connectivity index (χ4v) is 8.29. The van der Waals surface area contributed by atoms with Gasteiger partial charge in [0.1, 0.15) is 0 Å². The molecular formula is C23H30O2S. The lowest BCUT2D eigenvalue weighted by Gasteiger charge is -2.57. The number of rotatable bonds is 0. The second kappa shape index (κ2) is 5.85. The van der Waals surface area contributed by atoms with E-state index in [1.54, 1.807) is 17.2 Å². The smallest absolute Gasteiger partial charge is 0.216 e. The summed E-state index contributed by atoms with van der Waals surface area (Å²) < 4.78 is 0. The lowest BCUT2D eigenvalue weighted by Crippen LogP contribution is -2.49. The SMILES string of the molecule is C[C@]12CC[C@H](O)CC1=CC[C@@H]1[C@@H]2CC[C@]2(C)/C(=C3/C=CC(=O)S3)CC[C@@H]12. The molecule has 3 fully saturated rings. The van der Waals surface area contributed by atoms with Gasteiger partial charge < -0.3 is 5.11 Å². The predicted octanol–water partition coefficient (Wildman–Crippen LogP) is 5.39. The fourth-order valence-electron chi connectivity index (χ4n) is 7.34. The minimum Gasteiger partial charge on any atom is -0.393 e. The maximum absolute atomic E-state index is 11.7. The topological polar surface area (TPSA) is 37.3 Å². The molecule has 26 heavy (non-hydrogen) atoms. The third-order valence-electron chi connectivity index (χ3n) is 8.74. The number of carbonyl (C=O) groups excluding carboxylic acids is 1. The summed E-state index contributed by atoms with van der Waals surface area (Å²) in [6, 6.07) is 0. The van der Waals surface area contributed by atoms with Crippen molar-refractivity contribution in [2.75, 3.05) is 0 Å². The molecule has 0 aromatic heterocycles. The van der Waals surface area contributed by atoms with Crippen LogP contribution in [0.25, 0.3) is 0 Å². The van der Waals surface area contributed by atoms with Crippen LogP contribution < -0.4 is 0 Å². The fraction of sp³-hybridized carbons (Fsp3) is 0.696. The van der Waals surface area contributed by atoms with E-state index in [9.17, 15) is 9.90 Å². The molecule has 3 saturated carbocycles. The molecule has 0 saturated heterocycles. The van der Waals surface area contributed by atoms with Gasteiger partial charge in [-0.15, -0.1) is 0 Å². The molecule has 0 unspecified atom stereocenters. The molecule has 1 N–H and O–H groups in total. The lowest BCUT2D eigenvalue weighted by molar-refractivity contribution is -0.106. The Morgan fingerprint density at radius 1 is 1.08 bits per heavy atom. The highest BCUT2D eigenvalue weighted by atomic mass is 32.2. The minimum atomic E-state index is -0.119. The minimum absolute atomic E-state index is 0.119. The molecule has 2 nitrogen and oxygen atoms in total. The highest BCUT2D eigenvalue weighted by molar-refractivity contribution is 8.17. The summed E-state index contributed by atoms with van der Waals surface area (Å²) in [6.07, 6.45) is 15.5. The first-order valence-corrected chi connectivity index (χ1v) is 11.2. The standard InChI is InChI=1S/C23H30O2S/c1-22-11-9-15(24)13-14(22)3-4-16-17-5-6-19(20-7-8-21(25)26-20)23(17,2)12-10-18(16)22/h3,7-8,15-18,24H,4-6,9-13H2,1-2H3/b20-19-/t15-,16-,17-,18-,22-,23-/m0/s1. The normalized spacial score (nSPS) is 50.3. The Bertz CT molecular complexity index is 747. The molecule has 140 valence electrons. The molecule has 1 aliphatic heterocycles. The van der Waals surface area contributed by atoms with Crippen molar-refractivity contribution in [1.29, 1.82) is 0 Å². The van der Waals surface area contributed by atoms with Crippen LogP contribution in [0.1, 0.15) is 65.2 Å². The Balaban J connectivity index is 1.49. The van der Waals surface area contributed by atoms with E-state index in [1.807, 2.05) is 0 Å². The first kappa shape index (κ1) is 17.3. The van der Waals surface area contributed by atoms with Crippen molar-refractivity contribution in [2.45, 2.75) is 71.3 Å². The Kier molecular flexibility index (Phi) is 3.89. The second-order valence-electron chi connectivity index (χ2n) is 9.75. The summed E-state index contributed by atoms with van der Waals surface area (Å²) in [6.45, 7) is 4.99. The third kappa shape index (κ3) is 2.32. The molecule has 0 radical (unpaired) electrons. The highest BCUT2D eigenvalue weighted by Crippen LogP contribution is 2.67. The molecular weight excluding hydrogens is 340 g/mol. The average Bonchev–Trinajstić information content (AvgIpc) is 3.18. The van der Waals surface area contributed by atoms with Crippen molar-refractivity contribution >= 4 is 16.9 Å². The van der Waals surface area contributed by atoms with Gasteiger partial charge in [-0.25, -0.2) is 0 Å². The number of thioether (sulfide) groups is 1. The van der Waals surface area contributed by atoms with Gasteiger partial charge in [0.25, 0.3) is 0 Å². The first-order valence-electron chi connectivity index (χ1n) is 10.4. The summed E-state index contributed by atoms with van der Waals surface area (Å²) in [5, 5.41) is 10.3. The van der Waals surface area contributed by atoms with Gasteiger partial charge >= 0.3 is 0 Å². The van der Waals surface area contributed by atoms with Crippen molar-refractivity contribution in [1.82, 2.24) is 0 Å². The van der Waals surface area contributed by atoms with E-state index in [-0.39, 0.29) is 16.6 Å². The van der Waals surface area contributed by atoms with E-state index in [1.165, 1.54) is 48.8 Å². The molecule has 0 aromatic rings. The van der Waals surface area contributed by atoms with E-state index in [0.717, 1.165) is 37.0 Å². The van der Waals surface area contributed by atoms with Gasteiger partial charge in [0, 0.05) is 4.91 Å². The average molecular weight is 371 g/mol. The van der Waals surface area contributed by atoms with E-state index in [2.05, 4.69) is 26.0 Å². The number of hydrogen-bond acceptors (Lipinski definition) is 3. The molecule has 4 aliphatic carbocycles. The van der Waals surface area contributed by atoms with Gasteiger partial charge in [-0.3, -0.25) is 4.79 Å². The van der Waals surface area contributed by atoms with Gasteiger partial charge in [0.15, 0.2) is 0 Å². The molecule has 0 bridgehead atoms.